The van der Waals surface area contributed by atoms with Crippen LogP contribution in [0.15, 0.2) is 24.7 Å². The van der Waals surface area contributed by atoms with Crippen LogP contribution >= 0.6 is 0 Å². The molecule has 0 N–H and O–H groups in total. The van der Waals surface area contributed by atoms with Crippen molar-refractivity contribution in [2.24, 2.45) is 0 Å². The minimum Gasteiger partial charge on any atom is -0.308 e. The molecule has 0 saturated carbocycles. The van der Waals surface area contributed by atoms with Gasteiger partial charge in [-0.2, -0.15) is 0 Å². The van der Waals surface area contributed by atoms with E-state index in [0.717, 1.165) is 12.1 Å². The van der Waals surface area contributed by atoms with Gasteiger partial charge in [0.2, 0.25) is 0 Å². The number of aromatic nitrogens is 2. The van der Waals surface area contributed by atoms with Gasteiger partial charge in [-0.1, -0.05) is 27.7 Å². The Morgan fingerprint density at radius 1 is 1.33 bits per heavy atom. The van der Waals surface area contributed by atoms with Crippen LogP contribution in [0.1, 0.15) is 38.8 Å². The van der Waals surface area contributed by atoms with Crippen molar-refractivity contribution in [1.82, 2.24) is 9.38 Å². The lowest BCUT2D eigenvalue weighted by atomic mass is 9.85. The molecule has 0 bridgehead atoms. The Balaban J connectivity index is 2.79. The van der Waals surface area contributed by atoms with Crippen LogP contribution < -0.4 is 0 Å². The minimum atomic E-state index is 0.161. The smallest absolute Gasteiger partial charge is 0.140 e. The zero-order valence-electron chi connectivity index (χ0n) is 9.91. The van der Waals surface area contributed by atoms with Crippen LogP contribution in [0.25, 0.3) is 5.65 Å². The third-order valence-electron chi connectivity index (χ3n) is 2.74. The van der Waals surface area contributed by atoms with Gasteiger partial charge in [-0.25, -0.2) is 4.98 Å². The Morgan fingerprint density at radius 3 is 2.67 bits per heavy atom. The highest BCUT2D eigenvalue weighted by Crippen LogP contribution is 2.30. The third kappa shape index (κ3) is 1.65. The monoisotopic (exact) mass is 202 g/mol. The van der Waals surface area contributed by atoms with Crippen molar-refractivity contribution in [3.05, 3.63) is 35.8 Å². The summed E-state index contributed by atoms with van der Waals surface area (Å²) in [5, 5.41) is 0. The summed E-state index contributed by atoms with van der Waals surface area (Å²) in [6, 6.07) is 1.97. The molecule has 2 aromatic rings. The highest BCUT2D eigenvalue weighted by atomic mass is 15.0. The Labute approximate surface area is 91.0 Å². The van der Waals surface area contributed by atoms with E-state index in [1.807, 2.05) is 12.3 Å². The van der Waals surface area contributed by atoms with E-state index < -0.39 is 0 Å². The molecule has 0 fully saturated rings. The Bertz CT molecular complexity index is 475. The van der Waals surface area contributed by atoms with Gasteiger partial charge in [0.05, 0.1) is 0 Å². The lowest BCUT2D eigenvalue weighted by Crippen LogP contribution is -2.13. The van der Waals surface area contributed by atoms with Gasteiger partial charge in [-0.05, 0) is 23.5 Å². The SMILES string of the molecule is CCc1cn2cccnc2c1C(C)(C)C. The van der Waals surface area contributed by atoms with E-state index in [1.165, 1.54) is 11.1 Å². The molecule has 0 spiro atoms. The van der Waals surface area contributed by atoms with E-state index in [1.54, 1.807) is 0 Å². The van der Waals surface area contributed by atoms with Gasteiger partial charge in [-0.3, -0.25) is 0 Å². The number of nitrogens with zero attached hydrogens (tertiary/aromatic N) is 2. The van der Waals surface area contributed by atoms with Crippen molar-refractivity contribution in [3.63, 3.8) is 0 Å². The van der Waals surface area contributed by atoms with Crippen molar-refractivity contribution >= 4 is 5.65 Å². The van der Waals surface area contributed by atoms with E-state index in [4.69, 9.17) is 0 Å². The normalized spacial score (nSPS) is 12.3. The maximum atomic E-state index is 4.48. The fourth-order valence-electron chi connectivity index (χ4n) is 2.14. The first-order valence-corrected chi connectivity index (χ1v) is 5.49. The summed E-state index contributed by atoms with van der Waals surface area (Å²) in [4.78, 5) is 4.48. The van der Waals surface area contributed by atoms with Crippen LogP contribution in [-0.2, 0) is 11.8 Å². The van der Waals surface area contributed by atoms with Gasteiger partial charge >= 0.3 is 0 Å². The lowest BCUT2D eigenvalue weighted by molar-refractivity contribution is 0.589. The molecule has 0 unspecified atom stereocenters. The van der Waals surface area contributed by atoms with Crippen LogP contribution in [0.3, 0.4) is 0 Å². The molecule has 2 aromatic heterocycles. The molecule has 15 heavy (non-hydrogen) atoms. The number of hydrogen-bond acceptors (Lipinski definition) is 1. The van der Waals surface area contributed by atoms with E-state index >= 15 is 0 Å². The van der Waals surface area contributed by atoms with E-state index in [9.17, 15) is 0 Å². The maximum absolute atomic E-state index is 4.48. The van der Waals surface area contributed by atoms with E-state index in [0.29, 0.717) is 0 Å². The quantitative estimate of drug-likeness (QED) is 0.694. The summed E-state index contributed by atoms with van der Waals surface area (Å²) in [7, 11) is 0. The predicted molar refractivity (Wildman–Crippen MR) is 63.3 cm³/mol. The molecule has 2 nitrogen and oxygen atoms in total. The summed E-state index contributed by atoms with van der Waals surface area (Å²) in [6.07, 6.45) is 7.19. The predicted octanol–water partition coefficient (Wildman–Crippen LogP) is 3.19. The molecule has 0 amide bonds. The molecule has 0 atom stereocenters. The standard InChI is InChI=1S/C13H18N2/c1-5-10-9-15-8-6-7-14-12(15)11(10)13(2,3)4/h6-9H,5H2,1-4H3. The van der Waals surface area contributed by atoms with Crippen molar-refractivity contribution in [1.29, 1.82) is 0 Å². The maximum Gasteiger partial charge on any atom is 0.140 e. The van der Waals surface area contributed by atoms with Gasteiger partial charge in [0.25, 0.3) is 0 Å². The largest absolute Gasteiger partial charge is 0.308 e. The van der Waals surface area contributed by atoms with Crippen LogP contribution in [0.2, 0.25) is 0 Å². The Hall–Kier alpha value is -1.31. The van der Waals surface area contributed by atoms with Gasteiger partial charge < -0.3 is 4.40 Å². The minimum absolute atomic E-state index is 0.161. The average Bonchev–Trinajstić information content (AvgIpc) is 2.54. The summed E-state index contributed by atoms with van der Waals surface area (Å²) < 4.78 is 2.12. The molecule has 0 aliphatic heterocycles. The molecule has 0 aliphatic rings. The van der Waals surface area contributed by atoms with Crippen molar-refractivity contribution in [2.75, 3.05) is 0 Å². The molecule has 2 heterocycles. The first kappa shape index (κ1) is 10.2. The van der Waals surface area contributed by atoms with E-state index in [-0.39, 0.29) is 5.41 Å². The van der Waals surface area contributed by atoms with Gasteiger partial charge in [0.1, 0.15) is 5.65 Å². The highest BCUT2D eigenvalue weighted by molar-refractivity contribution is 5.56. The molecule has 2 rings (SSSR count). The number of hydrogen-bond donors (Lipinski definition) is 0. The first-order chi connectivity index (χ1) is 7.04. The average molecular weight is 202 g/mol. The second-order valence-corrected chi connectivity index (χ2v) is 4.98. The fourth-order valence-corrected chi connectivity index (χ4v) is 2.14. The molecule has 0 aromatic carbocycles. The van der Waals surface area contributed by atoms with E-state index in [2.05, 4.69) is 49.5 Å². The summed E-state index contributed by atoms with van der Waals surface area (Å²) >= 11 is 0. The highest BCUT2D eigenvalue weighted by Gasteiger charge is 2.22. The van der Waals surface area contributed by atoms with Gasteiger partial charge in [0.15, 0.2) is 0 Å². The molecule has 0 aliphatic carbocycles. The molecule has 0 radical (unpaired) electrons. The fraction of sp³-hybridized carbons (Fsp3) is 0.462. The lowest BCUT2D eigenvalue weighted by Gasteiger charge is -2.19. The van der Waals surface area contributed by atoms with Crippen molar-refractivity contribution in [3.8, 4) is 0 Å². The second-order valence-electron chi connectivity index (χ2n) is 4.98. The van der Waals surface area contributed by atoms with Crippen molar-refractivity contribution in [2.45, 2.75) is 39.5 Å². The first-order valence-electron chi connectivity index (χ1n) is 5.49. The van der Waals surface area contributed by atoms with Crippen LogP contribution in [-0.4, -0.2) is 9.38 Å². The van der Waals surface area contributed by atoms with Crippen LogP contribution in [0.5, 0.6) is 0 Å². The number of fused-ring (bicyclic) bond motifs is 1. The van der Waals surface area contributed by atoms with Crippen molar-refractivity contribution < 1.29 is 0 Å². The molecule has 2 heteroatoms. The second kappa shape index (κ2) is 3.37. The Morgan fingerprint density at radius 2 is 2.07 bits per heavy atom. The number of rotatable bonds is 1. The molecular weight excluding hydrogens is 184 g/mol. The topological polar surface area (TPSA) is 17.3 Å². The molecule has 80 valence electrons. The summed E-state index contributed by atoms with van der Waals surface area (Å²) in [5.41, 5.74) is 4.04. The summed E-state index contributed by atoms with van der Waals surface area (Å²) in [5.74, 6) is 0. The third-order valence-corrected chi connectivity index (χ3v) is 2.74. The zero-order chi connectivity index (χ0) is 11.1. The van der Waals surface area contributed by atoms with Crippen LogP contribution in [0, 0.1) is 0 Å². The van der Waals surface area contributed by atoms with Crippen LogP contribution in [0.4, 0.5) is 0 Å². The summed E-state index contributed by atoms with van der Waals surface area (Å²) in [6.45, 7) is 8.94. The number of aryl methyl sites for hydroxylation is 1. The molecule has 0 saturated heterocycles. The van der Waals surface area contributed by atoms with Gasteiger partial charge in [0, 0.05) is 24.2 Å². The zero-order valence-corrected chi connectivity index (χ0v) is 9.91. The molecular formula is C13H18N2. The Kier molecular flexibility index (Phi) is 2.29. The van der Waals surface area contributed by atoms with Gasteiger partial charge in [-0.15, -0.1) is 0 Å².